The Hall–Kier alpha value is -3.93. The zero-order valence-corrected chi connectivity index (χ0v) is 16.4. The Balaban J connectivity index is 1.50. The molecule has 2 N–H and O–H groups in total. The van der Waals surface area contributed by atoms with Crippen molar-refractivity contribution in [3.8, 4) is 22.7 Å². The van der Waals surface area contributed by atoms with E-state index >= 15 is 0 Å². The number of phenolic OH excluding ortho intramolecular Hbond substituents is 1. The Morgan fingerprint density at radius 2 is 1.57 bits per heavy atom. The average Bonchev–Trinajstić information content (AvgIpc) is 3.20. The van der Waals surface area contributed by atoms with Gasteiger partial charge in [-0.3, -0.25) is 4.79 Å². The molecule has 0 fully saturated rings. The van der Waals surface area contributed by atoms with Crippen LogP contribution in [0.25, 0.3) is 16.9 Å². The molecule has 1 heterocycles. The highest BCUT2D eigenvalue weighted by Crippen LogP contribution is 2.25. The average molecular weight is 398 g/mol. The summed E-state index contributed by atoms with van der Waals surface area (Å²) in [5.74, 6) is 0.129. The smallest absolute Gasteiger partial charge is 0.226 e. The van der Waals surface area contributed by atoms with Crippen molar-refractivity contribution in [2.75, 3.05) is 6.54 Å². The van der Waals surface area contributed by atoms with Gasteiger partial charge in [0, 0.05) is 12.1 Å². The second kappa shape index (κ2) is 9.05. The lowest BCUT2D eigenvalue weighted by molar-refractivity contribution is -0.120. The summed E-state index contributed by atoms with van der Waals surface area (Å²) in [5, 5.41) is 20.9. The molecule has 6 nitrogen and oxygen atoms in total. The maximum atomic E-state index is 12.6. The quantitative estimate of drug-likeness (QED) is 0.499. The lowest BCUT2D eigenvalue weighted by atomic mass is 10.1. The fourth-order valence-electron chi connectivity index (χ4n) is 3.29. The third kappa shape index (κ3) is 4.55. The Morgan fingerprint density at radius 3 is 2.27 bits per heavy atom. The number of nitrogens with one attached hydrogen (secondary N) is 1. The monoisotopic (exact) mass is 398 g/mol. The van der Waals surface area contributed by atoms with Crippen LogP contribution in [0.2, 0.25) is 0 Å². The van der Waals surface area contributed by atoms with Crippen molar-refractivity contribution in [3.63, 3.8) is 0 Å². The lowest BCUT2D eigenvalue weighted by Gasteiger charge is -2.09. The molecular formula is C24H22N4O2. The van der Waals surface area contributed by atoms with Gasteiger partial charge in [0.25, 0.3) is 0 Å². The summed E-state index contributed by atoms with van der Waals surface area (Å²) in [5.41, 5.74) is 4.34. The van der Waals surface area contributed by atoms with Crippen LogP contribution in [0.4, 0.5) is 0 Å². The Kier molecular flexibility index (Phi) is 5.85. The molecule has 4 rings (SSSR count). The van der Waals surface area contributed by atoms with Crippen molar-refractivity contribution < 1.29 is 9.90 Å². The first-order chi connectivity index (χ1) is 14.7. The van der Waals surface area contributed by atoms with Gasteiger partial charge in [0.1, 0.15) is 11.4 Å². The fourth-order valence-corrected chi connectivity index (χ4v) is 3.29. The minimum atomic E-state index is -0.105. The highest BCUT2D eigenvalue weighted by atomic mass is 16.3. The molecule has 0 aliphatic carbocycles. The molecule has 0 aliphatic rings. The van der Waals surface area contributed by atoms with Crippen LogP contribution in [0, 0.1) is 0 Å². The molecule has 0 unspecified atom stereocenters. The van der Waals surface area contributed by atoms with E-state index in [0.29, 0.717) is 18.7 Å². The Bertz CT molecular complexity index is 1110. The van der Waals surface area contributed by atoms with Gasteiger partial charge >= 0.3 is 0 Å². The van der Waals surface area contributed by atoms with Crippen molar-refractivity contribution in [1.82, 2.24) is 20.3 Å². The standard InChI is InChI=1S/C24H22N4O2/c29-21-13-11-18(12-14-21)15-16-25-23(30)17-22-24(19-7-3-1-4-8-19)28(27-26-22)20-9-5-2-6-10-20/h1-14,29H,15-17H2,(H,25,30). The molecule has 0 spiro atoms. The number of nitrogens with zero attached hydrogens (tertiary/aromatic N) is 3. The number of rotatable bonds is 7. The summed E-state index contributed by atoms with van der Waals surface area (Å²) in [7, 11) is 0. The van der Waals surface area contributed by atoms with Crippen LogP contribution in [0.1, 0.15) is 11.3 Å². The summed E-state index contributed by atoms with van der Waals surface area (Å²) in [6.45, 7) is 0.511. The predicted molar refractivity (Wildman–Crippen MR) is 115 cm³/mol. The molecule has 6 heteroatoms. The van der Waals surface area contributed by atoms with E-state index in [2.05, 4.69) is 15.6 Å². The molecule has 0 saturated heterocycles. The van der Waals surface area contributed by atoms with Gasteiger partial charge in [-0.1, -0.05) is 65.9 Å². The zero-order chi connectivity index (χ0) is 20.8. The number of aromatic nitrogens is 3. The van der Waals surface area contributed by atoms with Crippen LogP contribution >= 0.6 is 0 Å². The van der Waals surface area contributed by atoms with Gasteiger partial charge in [-0.25, -0.2) is 4.68 Å². The second-order valence-electron chi connectivity index (χ2n) is 6.94. The molecule has 1 amide bonds. The fraction of sp³-hybridized carbons (Fsp3) is 0.125. The highest BCUT2D eigenvalue weighted by molar-refractivity contribution is 5.80. The molecule has 0 bridgehead atoms. The first-order valence-corrected chi connectivity index (χ1v) is 9.81. The van der Waals surface area contributed by atoms with Gasteiger partial charge in [0.15, 0.2) is 0 Å². The van der Waals surface area contributed by atoms with Gasteiger partial charge in [-0.2, -0.15) is 0 Å². The van der Waals surface area contributed by atoms with E-state index in [-0.39, 0.29) is 18.1 Å². The molecule has 4 aromatic rings. The van der Waals surface area contributed by atoms with Gasteiger partial charge in [-0.05, 0) is 36.2 Å². The van der Waals surface area contributed by atoms with Gasteiger partial charge in [-0.15, -0.1) is 5.10 Å². The van der Waals surface area contributed by atoms with Gasteiger partial charge in [0.05, 0.1) is 17.8 Å². The van der Waals surface area contributed by atoms with Gasteiger partial charge < -0.3 is 10.4 Å². The second-order valence-corrected chi connectivity index (χ2v) is 6.94. The van der Waals surface area contributed by atoms with Crippen LogP contribution in [-0.2, 0) is 17.6 Å². The van der Waals surface area contributed by atoms with Crippen LogP contribution < -0.4 is 5.32 Å². The molecule has 150 valence electrons. The lowest BCUT2D eigenvalue weighted by Crippen LogP contribution is -2.27. The number of phenols is 1. The van der Waals surface area contributed by atoms with Gasteiger partial charge in [0.2, 0.25) is 5.91 Å². The number of hydrogen-bond donors (Lipinski definition) is 2. The molecule has 3 aromatic carbocycles. The summed E-state index contributed by atoms with van der Waals surface area (Å²) in [4.78, 5) is 12.6. The van der Waals surface area contributed by atoms with Crippen molar-refractivity contribution >= 4 is 5.91 Å². The number of para-hydroxylation sites is 1. The number of amides is 1. The predicted octanol–water partition coefficient (Wildman–Crippen LogP) is 3.54. The molecule has 0 saturated carbocycles. The number of carbonyl (C=O) groups is 1. The van der Waals surface area contributed by atoms with Crippen molar-refractivity contribution in [1.29, 1.82) is 0 Å². The molecule has 0 aliphatic heterocycles. The van der Waals surface area contributed by atoms with E-state index in [9.17, 15) is 9.90 Å². The number of aromatic hydroxyl groups is 1. The minimum Gasteiger partial charge on any atom is -0.508 e. The molecular weight excluding hydrogens is 376 g/mol. The van der Waals surface area contributed by atoms with Crippen LogP contribution in [-0.4, -0.2) is 32.6 Å². The number of benzene rings is 3. The van der Waals surface area contributed by atoms with E-state index < -0.39 is 0 Å². The first-order valence-electron chi connectivity index (χ1n) is 9.81. The van der Waals surface area contributed by atoms with Crippen LogP contribution in [0.3, 0.4) is 0 Å². The van der Waals surface area contributed by atoms with Crippen LogP contribution in [0.5, 0.6) is 5.75 Å². The molecule has 1 aromatic heterocycles. The molecule has 0 atom stereocenters. The Labute approximate surface area is 174 Å². The van der Waals surface area contributed by atoms with Crippen molar-refractivity contribution in [2.24, 2.45) is 0 Å². The third-order valence-electron chi connectivity index (χ3n) is 4.79. The molecule has 0 radical (unpaired) electrons. The third-order valence-corrected chi connectivity index (χ3v) is 4.79. The van der Waals surface area contributed by atoms with Crippen molar-refractivity contribution in [3.05, 3.63) is 96.2 Å². The minimum absolute atomic E-state index is 0.105. The summed E-state index contributed by atoms with van der Waals surface area (Å²) in [6.07, 6.45) is 0.834. The topological polar surface area (TPSA) is 80.0 Å². The maximum Gasteiger partial charge on any atom is 0.226 e. The maximum absolute atomic E-state index is 12.6. The highest BCUT2D eigenvalue weighted by Gasteiger charge is 2.18. The van der Waals surface area contributed by atoms with Crippen molar-refractivity contribution in [2.45, 2.75) is 12.8 Å². The largest absolute Gasteiger partial charge is 0.508 e. The van der Waals surface area contributed by atoms with Crippen LogP contribution in [0.15, 0.2) is 84.9 Å². The van der Waals surface area contributed by atoms with E-state index in [0.717, 1.165) is 22.5 Å². The first kappa shape index (κ1) is 19.4. The summed E-state index contributed by atoms with van der Waals surface area (Å²) in [6, 6.07) is 26.6. The number of hydrogen-bond acceptors (Lipinski definition) is 4. The number of carbonyl (C=O) groups excluding carboxylic acids is 1. The summed E-state index contributed by atoms with van der Waals surface area (Å²) >= 11 is 0. The van der Waals surface area contributed by atoms with E-state index in [1.807, 2.05) is 72.8 Å². The zero-order valence-electron chi connectivity index (χ0n) is 16.4. The normalized spacial score (nSPS) is 10.7. The summed E-state index contributed by atoms with van der Waals surface area (Å²) < 4.78 is 1.77. The van der Waals surface area contributed by atoms with E-state index in [1.165, 1.54) is 0 Å². The molecule has 30 heavy (non-hydrogen) atoms. The van der Waals surface area contributed by atoms with E-state index in [4.69, 9.17) is 0 Å². The SMILES string of the molecule is O=C(Cc1nnn(-c2ccccc2)c1-c1ccccc1)NCCc1ccc(O)cc1. The Morgan fingerprint density at radius 1 is 0.900 bits per heavy atom. The van der Waals surface area contributed by atoms with E-state index in [1.54, 1.807) is 16.8 Å².